The van der Waals surface area contributed by atoms with Crippen molar-refractivity contribution in [1.29, 1.82) is 0 Å². The molecule has 1 aromatic heterocycles. The van der Waals surface area contributed by atoms with E-state index in [1.807, 2.05) is 78.9 Å². The van der Waals surface area contributed by atoms with Gasteiger partial charge in [0.25, 0.3) is 5.56 Å². The second kappa shape index (κ2) is 14.7. The molecule has 5 aromatic rings. The molecule has 0 aliphatic carbocycles. The Labute approximate surface area is 283 Å². The number of aliphatic hydroxyl groups is 1. The predicted octanol–water partition coefficient (Wildman–Crippen LogP) is 4.62. The van der Waals surface area contributed by atoms with Gasteiger partial charge in [-0.05, 0) is 65.2 Å². The summed E-state index contributed by atoms with van der Waals surface area (Å²) < 4.78 is 30.5. The number of hydrogen-bond acceptors (Lipinski definition) is 8. The molecule has 1 saturated heterocycles. The van der Waals surface area contributed by atoms with Crippen molar-refractivity contribution < 1.29 is 28.8 Å². The van der Waals surface area contributed by atoms with Crippen molar-refractivity contribution in [2.45, 2.75) is 30.5 Å². The van der Waals surface area contributed by atoms with Crippen molar-refractivity contribution in [2.24, 2.45) is 0 Å². The fourth-order valence-corrected chi connectivity index (χ4v) is 5.92. The fourth-order valence-electron chi connectivity index (χ4n) is 5.92. The Bertz CT molecular complexity index is 2000. The molecular formula is C39H36N2O8. The first-order valence-corrected chi connectivity index (χ1v) is 15.7. The number of methoxy groups -OCH3 is 3. The van der Waals surface area contributed by atoms with Crippen molar-refractivity contribution in [3.8, 4) is 29.1 Å². The molecule has 0 unspecified atom stereocenters. The summed E-state index contributed by atoms with van der Waals surface area (Å²) in [6.45, 7) is -0.0349. The summed E-state index contributed by atoms with van der Waals surface area (Å²) in [5, 5.41) is 11.2. The van der Waals surface area contributed by atoms with Crippen LogP contribution in [0.1, 0.15) is 40.5 Å². The summed E-state index contributed by atoms with van der Waals surface area (Å²) in [4.78, 5) is 27.9. The van der Waals surface area contributed by atoms with Crippen LogP contribution in [0, 0.1) is 11.8 Å². The van der Waals surface area contributed by atoms with E-state index in [4.69, 9.17) is 23.7 Å². The van der Waals surface area contributed by atoms with Crippen molar-refractivity contribution in [1.82, 2.24) is 9.55 Å². The molecule has 49 heavy (non-hydrogen) atoms. The van der Waals surface area contributed by atoms with Crippen LogP contribution in [0.2, 0.25) is 0 Å². The second-order valence-corrected chi connectivity index (χ2v) is 11.4. The molecule has 6 rings (SSSR count). The summed E-state index contributed by atoms with van der Waals surface area (Å²) in [6.07, 6.45) is -1.20. The Morgan fingerprint density at radius 1 is 0.776 bits per heavy atom. The molecule has 1 fully saturated rings. The number of aliphatic hydroxyl groups excluding tert-OH is 1. The lowest BCUT2D eigenvalue weighted by atomic mass is 9.80. The predicted molar refractivity (Wildman–Crippen MR) is 183 cm³/mol. The average molecular weight is 661 g/mol. The standard InChI is InChI=1S/C39H36N2O8/c1-45-31-17-10-26(11-18-31)9-12-27-24-41(38(44)40-37(27)43)36-23-34(42)35(49-36)25-48-39(28-7-5-4-6-8-28,29-13-19-32(46-2)20-14-29)30-15-21-33(47-3)22-16-30/h4-8,10-11,13-22,24,34-36,42H,23,25H2,1-3H3,(H,40,43,44)/t34-,35+,36+/m0/s1. The molecule has 0 amide bonds. The number of nitrogens with one attached hydrogen (secondary N) is 1. The number of H-pyrrole nitrogens is 1. The van der Waals surface area contributed by atoms with Crippen LogP contribution in [0.5, 0.6) is 17.2 Å². The minimum absolute atomic E-state index is 0.0349. The first-order chi connectivity index (χ1) is 23.8. The molecule has 1 aliphatic heterocycles. The zero-order valence-corrected chi connectivity index (χ0v) is 27.3. The normalized spacial score (nSPS) is 17.2. The summed E-state index contributed by atoms with van der Waals surface area (Å²) in [5.74, 6) is 7.85. The molecule has 0 saturated carbocycles. The van der Waals surface area contributed by atoms with E-state index >= 15 is 0 Å². The first-order valence-electron chi connectivity index (χ1n) is 15.7. The van der Waals surface area contributed by atoms with Gasteiger partial charge in [-0.25, -0.2) is 4.79 Å². The van der Waals surface area contributed by atoms with Gasteiger partial charge in [-0.2, -0.15) is 0 Å². The molecule has 250 valence electrons. The number of nitrogens with zero attached hydrogens (tertiary/aromatic N) is 1. The molecule has 3 atom stereocenters. The Morgan fingerprint density at radius 3 is 1.86 bits per heavy atom. The number of ether oxygens (including phenoxy) is 5. The fraction of sp³-hybridized carbons (Fsp3) is 0.231. The average Bonchev–Trinajstić information content (AvgIpc) is 3.52. The van der Waals surface area contributed by atoms with Crippen LogP contribution in [0.3, 0.4) is 0 Å². The molecule has 10 nitrogen and oxygen atoms in total. The molecule has 4 aromatic carbocycles. The number of aromatic nitrogens is 2. The van der Waals surface area contributed by atoms with E-state index in [1.165, 1.54) is 10.8 Å². The maximum absolute atomic E-state index is 12.9. The number of hydrogen-bond donors (Lipinski definition) is 2. The minimum atomic E-state index is -1.12. The van der Waals surface area contributed by atoms with E-state index in [2.05, 4.69) is 16.8 Å². The first kappa shape index (κ1) is 33.3. The highest BCUT2D eigenvalue weighted by molar-refractivity contribution is 5.50. The van der Waals surface area contributed by atoms with Gasteiger partial charge in [0.1, 0.15) is 40.7 Å². The van der Waals surface area contributed by atoms with Gasteiger partial charge in [-0.3, -0.25) is 14.3 Å². The molecular weight excluding hydrogens is 624 g/mol. The highest BCUT2D eigenvalue weighted by Gasteiger charge is 2.42. The van der Waals surface area contributed by atoms with Crippen LogP contribution in [-0.2, 0) is 15.1 Å². The van der Waals surface area contributed by atoms with Crippen LogP contribution in [0.4, 0.5) is 0 Å². The molecule has 10 heteroatoms. The lowest BCUT2D eigenvalue weighted by Crippen LogP contribution is -2.38. The number of rotatable bonds is 10. The Kier molecular flexibility index (Phi) is 9.97. The van der Waals surface area contributed by atoms with E-state index in [0.29, 0.717) is 22.8 Å². The number of benzene rings is 4. The largest absolute Gasteiger partial charge is 0.497 e. The van der Waals surface area contributed by atoms with E-state index in [9.17, 15) is 14.7 Å². The third kappa shape index (κ3) is 7.00. The second-order valence-electron chi connectivity index (χ2n) is 11.4. The molecule has 1 aliphatic rings. The lowest BCUT2D eigenvalue weighted by molar-refractivity contribution is -0.0944. The van der Waals surface area contributed by atoms with Gasteiger partial charge >= 0.3 is 5.69 Å². The zero-order chi connectivity index (χ0) is 34.4. The van der Waals surface area contributed by atoms with Crippen LogP contribution in [0.15, 0.2) is 119 Å². The summed E-state index contributed by atoms with van der Waals surface area (Å²) in [5.41, 5.74) is 0.831. The minimum Gasteiger partial charge on any atom is -0.497 e. The van der Waals surface area contributed by atoms with Gasteiger partial charge in [0.05, 0.1) is 34.0 Å². The van der Waals surface area contributed by atoms with E-state index in [-0.39, 0.29) is 18.6 Å². The highest BCUT2D eigenvalue weighted by Crippen LogP contribution is 2.42. The zero-order valence-electron chi connectivity index (χ0n) is 27.3. The van der Waals surface area contributed by atoms with Crippen molar-refractivity contribution in [3.05, 3.63) is 158 Å². The van der Waals surface area contributed by atoms with Gasteiger partial charge in [0.2, 0.25) is 0 Å². The van der Waals surface area contributed by atoms with Gasteiger partial charge in [0.15, 0.2) is 0 Å². The maximum Gasteiger partial charge on any atom is 0.330 e. The Balaban J connectivity index is 1.31. The molecule has 0 radical (unpaired) electrons. The van der Waals surface area contributed by atoms with E-state index < -0.39 is 35.3 Å². The topological polar surface area (TPSA) is 121 Å². The maximum atomic E-state index is 12.9. The smallest absolute Gasteiger partial charge is 0.330 e. The van der Waals surface area contributed by atoms with Gasteiger partial charge in [-0.1, -0.05) is 66.4 Å². The SMILES string of the molecule is COc1ccc(C#Cc2cn([C@H]3C[C@H](O)[C@@H](COC(c4ccccc4)(c4ccc(OC)cc4)c4ccc(OC)cc4)O3)c(=O)[nH]c2=O)cc1. The van der Waals surface area contributed by atoms with Crippen molar-refractivity contribution in [2.75, 3.05) is 27.9 Å². The quantitative estimate of drug-likeness (QED) is 0.165. The third-order valence-corrected chi connectivity index (χ3v) is 8.55. The molecule has 0 spiro atoms. The van der Waals surface area contributed by atoms with Crippen LogP contribution >= 0.6 is 0 Å². The molecule has 0 bridgehead atoms. The van der Waals surface area contributed by atoms with Gasteiger partial charge < -0.3 is 28.8 Å². The Morgan fingerprint density at radius 2 is 1.31 bits per heavy atom. The van der Waals surface area contributed by atoms with Gasteiger partial charge in [0, 0.05) is 18.2 Å². The van der Waals surface area contributed by atoms with Crippen molar-refractivity contribution >= 4 is 0 Å². The summed E-state index contributed by atoms with van der Waals surface area (Å²) in [7, 11) is 4.79. The Hall–Kier alpha value is -5.60. The van der Waals surface area contributed by atoms with E-state index in [1.54, 1.807) is 45.6 Å². The van der Waals surface area contributed by atoms with Crippen molar-refractivity contribution in [3.63, 3.8) is 0 Å². The summed E-state index contributed by atoms with van der Waals surface area (Å²) in [6, 6.07) is 32.1. The highest BCUT2D eigenvalue weighted by atomic mass is 16.6. The third-order valence-electron chi connectivity index (χ3n) is 8.55. The van der Waals surface area contributed by atoms with E-state index in [0.717, 1.165) is 16.7 Å². The summed E-state index contributed by atoms with van der Waals surface area (Å²) >= 11 is 0. The van der Waals surface area contributed by atoms with Crippen LogP contribution < -0.4 is 25.5 Å². The monoisotopic (exact) mass is 660 g/mol. The van der Waals surface area contributed by atoms with Crippen LogP contribution in [-0.4, -0.2) is 54.8 Å². The molecule has 2 heterocycles. The van der Waals surface area contributed by atoms with Gasteiger partial charge in [-0.15, -0.1) is 0 Å². The lowest BCUT2D eigenvalue weighted by Gasteiger charge is -2.37. The molecule has 2 N–H and O–H groups in total. The number of aromatic amines is 1. The van der Waals surface area contributed by atoms with Crippen LogP contribution in [0.25, 0.3) is 0 Å².